The van der Waals surface area contributed by atoms with E-state index in [1.807, 2.05) is 71.4 Å². The Balaban J connectivity index is 1.56. The van der Waals surface area contributed by atoms with Gasteiger partial charge in [0.2, 0.25) is 11.6 Å². The zero-order valence-corrected chi connectivity index (χ0v) is 20.0. The lowest BCUT2D eigenvalue weighted by Crippen LogP contribution is -2.09. The van der Waals surface area contributed by atoms with E-state index in [-0.39, 0.29) is 23.6 Å². The van der Waals surface area contributed by atoms with Crippen molar-refractivity contribution in [2.24, 2.45) is 5.92 Å². The summed E-state index contributed by atoms with van der Waals surface area (Å²) in [5, 5.41) is 14.1. The predicted octanol–water partition coefficient (Wildman–Crippen LogP) is 5.71. The van der Waals surface area contributed by atoms with Crippen LogP contribution in [0, 0.1) is 5.92 Å². The Morgan fingerprint density at radius 3 is 2.26 bits per heavy atom. The van der Waals surface area contributed by atoms with Crippen LogP contribution in [0.25, 0.3) is 11.1 Å². The van der Waals surface area contributed by atoms with Crippen LogP contribution in [0.4, 0.5) is 0 Å². The Labute approximate surface area is 205 Å². The maximum Gasteiger partial charge on any atom is 0.336 e. The van der Waals surface area contributed by atoms with E-state index in [2.05, 4.69) is 23.9 Å². The van der Waals surface area contributed by atoms with Gasteiger partial charge in [-0.1, -0.05) is 86.6 Å². The standard InChI is InChI=1S/C29H29N3O3/c1-20(2)12-17-27-30-28(26(33)18-21-8-4-3-5-9-21)31-32(27)19-22-13-15-23(16-14-22)24-10-6-7-11-25(24)29(34)35/h3-11,13-16,20H,12,17-19H2,1-2H3,(H,34,35). The molecule has 0 aliphatic heterocycles. The number of carbonyl (C=O) groups excluding carboxylic acids is 1. The molecule has 0 saturated carbocycles. The summed E-state index contributed by atoms with van der Waals surface area (Å²) in [6.07, 6.45) is 1.97. The average Bonchev–Trinajstić information content (AvgIpc) is 3.26. The molecule has 4 rings (SSSR count). The van der Waals surface area contributed by atoms with Crippen molar-refractivity contribution in [1.82, 2.24) is 14.8 Å². The maximum absolute atomic E-state index is 12.9. The molecule has 6 heteroatoms. The Kier molecular flexibility index (Phi) is 7.51. The van der Waals surface area contributed by atoms with Crippen molar-refractivity contribution in [2.75, 3.05) is 0 Å². The van der Waals surface area contributed by atoms with Crippen LogP contribution in [0.5, 0.6) is 0 Å². The van der Waals surface area contributed by atoms with E-state index in [1.54, 1.807) is 12.1 Å². The number of benzene rings is 3. The number of rotatable bonds is 10. The van der Waals surface area contributed by atoms with Gasteiger partial charge in [-0.15, -0.1) is 5.10 Å². The fourth-order valence-electron chi connectivity index (χ4n) is 3.97. The number of hydrogen-bond donors (Lipinski definition) is 1. The van der Waals surface area contributed by atoms with E-state index in [0.717, 1.165) is 35.4 Å². The zero-order chi connectivity index (χ0) is 24.8. The van der Waals surface area contributed by atoms with Gasteiger partial charge in [0.15, 0.2) is 0 Å². The van der Waals surface area contributed by atoms with Crippen molar-refractivity contribution in [2.45, 2.75) is 39.7 Å². The molecule has 0 bridgehead atoms. The third-order valence-corrected chi connectivity index (χ3v) is 5.91. The molecule has 35 heavy (non-hydrogen) atoms. The summed E-state index contributed by atoms with van der Waals surface area (Å²) in [5.74, 6) is 0.517. The first-order valence-corrected chi connectivity index (χ1v) is 11.8. The van der Waals surface area contributed by atoms with Crippen molar-refractivity contribution >= 4 is 11.8 Å². The van der Waals surface area contributed by atoms with Gasteiger partial charge in [0.1, 0.15) is 5.82 Å². The second kappa shape index (κ2) is 10.9. The molecule has 4 aromatic rings. The van der Waals surface area contributed by atoms with Gasteiger partial charge in [0.25, 0.3) is 0 Å². The minimum atomic E-state index is -0.949. The molecule has 1 heterocycles. The van der Waals surface area contributed by atoms with Crippen molar-refractivity contribution in [3.63, 3.8) is 0 Å². The molecule has 6 nitrogen and oxygen atoms in total. The molecule has 0 atom stereocenters. The first-order chi connectivity index (χ1) is 16.9. The lowest BCUT2D eigenvalue weighted by molar-refractivity contribution is 0.0697. The van der Waals surface area contributed by atoms with E-state index >= 15 is 0 Å². The Bertz CT molecular complexity index is 1310. The molecule has 1 N–H and O–H groups in total. The van der Waals surface area contributed by atoms with Gasteiger partial charge in [-0.2, -0.15) is 0 Å². The van der Waals surface area contributed by atoms with Crippen LogP contribution in [0.1, 0.15) is 58.2 Å². The molecule has 178 valence electrons. The molecule has 1 aromatic heterocycles. The van der Waals surface area contributed by atoms with Crippen LogP contribution >= 0.6 is 0 Å². The van der Waals surface area contributed by atoms with Crippen molar-refractivity contribution < 1.29 is 14.7 Å². The van der Waals surface area contributed by atoms with Crippen LogP contribution < -0.4 is 0 Å². The lowest BCUT2D eigenvalue weighted by atomic mass is 9.99. The number of aromatic nitrogens is 3. The van der Waals surface area contributed by atoms with Gasteiger partial charge in [-0.05, 0) is 40.7 Å². The minimum absolute atomic E-state index is 0.0960. The van der Waals surface area contributed by atoms with E-state index < -0.39 is 5.97 Å². The Hall–Kier alpha value is -4.06. The van der Waals surface area contributed by atoms with Crippen molar-refractivity contribution in [1.29, 1.82) is 0 Å². The molecule has 0 saturated heterocycles. The Morgan fingerprint density at radius 2 is 1.57 bits per heavy atom. The number of ketones is 1. The summed E-state index contributed by atoms with van der Waals surface area (Å²) in [4.78, 5) is 29.1. The normalized spacial score (nSPS) is 11.1. The summed E-state index contributed by atoms with van der Waals surface area (Å²) in [5.41, 5.74) is 3.73. The fourth-order valence-corrected chi connectivity index (χ4v) is 3.97. The van der Waals surface area contributed by atoms with E-state index in [4.69, 9.17) is 0 Å². The molecular formula is C29H29N3O3. The molecule has 3 aromatic carbocycles. The first-order valence-electron chi connectivity index (χ1n) is 11.8. The van der Waals surface area contributed by atoms with Gasteiger partial charge in [-0.3, -0.25) is 4.79 Å². The second-order valence-electron chi connectivity index (χ2n) is 9.08. The highest BCUT2D eigenvalue weighted by Gasteiger charge is 2.18. The van der Waals surface area contributed by atoms with E-state index in [0.29, 0.717) is 18.0 Å². The maximum atomic E-state index is 12.9. The third-order valence-electron chi connectivity index (χ3n) is 5.91. The number of Topliss-reactive ketones (excluding diaryl/α,β-unsaturated/α-hetero) is 1. The van der Waals surface area contributed by atoms with Crippen LogP contribution in [-0.4, -0.2) is 31.6 Å². The van der Waals surface area contributed by atoms with Crippen molar-refractivity contribution in [3.05, 3.63) is 107 Å². The van der Waals surface area contributed by atoms with Gasteiger partial charge >= 0.3 is 5.97 Å². The topological polar surface area (TPSA) is 85.1 Å². The number of nitrogens with zero attached hydrogens (tertiary/aromatic N) is 3. The van der Waals surface area contributed by atoms with E-state index in [9.17, 15) is 14.7 Å². The number of carbonyl (C=O) groups is 2. The molecule has 0 unspecified atom stereocenters. The SMILES string of the molecule is CC(C)CCc1nc(C(=O)Cc2ccccc2)nn1Cc1ccc(-c2ccccc2C(=O)O)cc1. The van der Waals surface area contributed by atoms with Crippen LogP contribution in [-0.2, 0) is 19.4 Å². The van der Waals surface area contributed by atoms with Crippen LogP contribution in [0.3, 0.4) is 0 Å². The smallest absolute Gasteiger partial charge is 0.336 e. The number of aromatic carboxylic acids is 1. The molecule has 0 spiro atoms. The van der Waals surface area contributed by atoms with Crippen molar-refractivity contribution in [3.8, 4) is 11.1 Å². The summed E-state index contributed by atoms with van der Waals surface area (Å²) in [7, 11) is 0. The summed E-state index contributed by atoms with van der Waals surface area (Å²) in [6, 6.07) is 24.4. The third kappa shape index (κ3) is 6.09. The first kappa shape index (κ1) is 24.1. The van der Waals surface area contributed by atoms with Gasteiger partial charge < -0.3 is 5.11 Å². The summed E-state index contributed by atoms with van der Waals surface area (Å²) in [6.45, 7) is 4.81. The highest BCUT2D eigenvalue weighted by atomic mass is 16.4. The van der Waals surface area contributed by atoms with Gasteiger partial charge in [-0.25, -0.2) is 14.5 Å². The quantitative estimate of drug-likeness (QED) is 0.302. The molecule has 0 radical (unpaired) electrons. The number of carboxylic acid groups (broad SMARTS) is 1. The zero-order valence-electron chi connectivity index (χ0n) is 20.0. The lowest BCUT2D eigenvalue weighted by Gasteiger charge is -2.09. The fraction of sp³-hybridized carbons (Fsp3) is 0.241. The highest BCUT2D eigenvalue weighted by Crippen LogP contribution is 2.24. The minimum Gasteiger partial charge on any atom is -0.478 e. The second-order valence-corrected chi connectivity index (χ2v) is 9.08. The highest BCUT2D eigenvalue weighted by molar-refractivity contribution is 5.96. The van der Waals surface area contributed by atoms with Crippen LogP contribution in [0.15, 0.2) is 78.9 Å². The molecular weight excluding hydrogens is 438 g/mol. The molecule has 0 aliphatic carbocycles. The molecule has 0 fully saturated rings. The predicted molar refractivity (Wildman–Crippen MR) is 136 cm³/mol. The molecule has 0 aliphatic rings. The van der Waals surface area contributed by atoms with Gasteiger partial charge in [0, 0.05) is 12.8 Å². The summed E-state index contributed by atoms with van der Waals surface area (Å²) >= 11 is 0. The van der Waals surface area contributed by atoms with E-state index in [1.165, 1.54) is 0 Å². The van der Waals surface area contributed by atoms with Crippen LogP contribution in [0.2, 0.25) is 0 Å². The number of carboxylic acids is 1. The Morgan fingerprint density at radius 1 is 0.886 bits per heavy atom. The number of hydrogen-bond acceptors (Lipinski definition) is 4. The monoisotopic (exact) mass is 467 g/mol. The summed E-state index contributed by atoms with van der Waals surface area (Å²) < 4.78 is 1.82. The molecule has 0 amide bonds. The number of aryl methyl sites for hydroxylation is 1. The average molecular weight is 468 g/mol. The largest absolute Gasteiger partial charge is 0.478 e. The van der Waals surface area contributed by atoms with Gasteiger partial charge in [0.05, 0.1) is 12.1 Å².